The smallest absolute Gasteiger partial charge is 0.178 e. The molecule has 1 aromatic carbocycles. The largest absolute Gasteiger partial charge is 0.396 e. The summed E-state index contributed by atoms with van der Waals surface area (Å²) in [5, 5.41) is 8.71. The molecule has 0 aliphatic carbocycles. The average molecular weight is 226 g/mol. The van der Waals surface area contributed by atoms with E-state index in [0.717, 1.165) is 24.0 Å². The molecule has 1 heterocycles. The fraction of sp³-hybridized carbons (Fsp3) is 0.455. The topological polar surface area (TPSA) is 54.4 Å². The van der Waals surface area contributed by atoms with Crippen LogP contribution in [0.1, 0.15) is 17.5 Å². The van der Waals surface area contributed by atoms with Crippen LogP contribution in [0.3, 0.4) is 0 Å². The van der Waals surface area contributed by atoms with Crippen molar-refractivity contribution in [3.63, 3.8) is 0 Å². The minimum atomic E-state index is -2.99. The highest BCUT2D eigenvalue weighted by atomic mass is 32.2. The molecule has 0 saturated carbocycles. The Kier molecular flexibility index (Phi) is 2.80. The number of hydrogen-bond acceptors (Lipinski definition) is 3. The summed E-state index contributed by atoms with van der Waals surface area (Å²) in [5.74, 6) is 0.242. The maximum absolute atomic E-state index is 11.5. The van der Waals surface area contributed by atoms with Crippen LogP contribution in [0.4, 0.5) is 0 Å². The van der Waals surface area contributed by atoms with Crippen LogP contribution in [0.2, 0.25) is 0 Å². The summed E-state index contributed by atoms with van der Waals surface area (Å²) >= 11 is 0. The van der Waals surface area contributed by atoms with Gasteiger partial charge in [0.25, 0.3) is 0 Å². The first-order chi connectivity index (χ1) is 7.13. The normalized spacial score (nSPS) is 17.7. The van der Waals surface area contributed by atoms with Crippen molar-refractivity contribution in [3.8, 4) is 0 Å². The molecule has 0 spiro atoms. The van der Waals surface area contributed by atoms with Crippen molar-refractivity contribution in [2.45, 2.75) is 24.2 Å². The van der Waals surface area contributed by atoms with Crippen molar-refractivity contribution in [2.24, 2.45) is 0 Å². The highest BCUT2D eigenvalue weighted by molar-refractivity contribution is 7.91. The maximum atomic E-state index is 11.5. The number of aryl methyl sites for hydroxylation is 2. The Bertz CT molecular complexity index is 463. The molecule has 15 heavy (non-hydrogen) atoms. The number of sulfone groups is 1. The summed E-state index contributed by atoms with van der Waals surface area (Å²) < 4.78 is 23.1. The highest BCUT2D eigenvalue weighted by Crippen LogP contribution is 2.26. The number of aliphatic hydroxyl groups is 1. The number of rotatable bonds is 3. The van der Waals surface area contributed by atoms with E-state index in [1.165, 1.54) is 0 Å². The Balaban J connectivity index is 2.30. The maximum Gasteiger partial charge on any atom is 0.178 e. The van der Waals surface area contributed by atoms with Gasteiger partial charge < -0.3 is 5.11 Å². The molecule has 1 aliphatic rings. The van der Waals surface area contributed by atoms with Crippen LogP contribution < -0.4 is 0 Å². The van der Waals surface area contributed by atoms with Gasteiger partial charge in [0.2, 0.25) is 0 Å². The van der Waals surface area contributed by atoms with Gasteiger partial charge in [-0.25, -0.2) is 8.42 Å². The second-order valence-electron chi connectivity index (χ2n) is 3.84. The Morgan fingerprint density at radius 1 is 1.33 bits per heavy atom. The van der Waals surface area contributed by atoms with E-state index in [-0.39, 0.29) is 12.4 Å². The third-order valence-corrected chi connectivity index (χ3v) is 4.53. The summed E-state index contributed by atoms with van der Waals surface area (Å²) in [5.41, 5.74) is 2.05. The Hall–Kier alpha value is -0.870. The van der Waals surface area contributed by atoms with E-state index in [1.807, 2.05) is 12.1 Å². The van der Waals surface area contributed by atoms with Crippen molar-refractivity contribution in [2.75, 3.05) is 12.4 Å². The molecule has 0 fully saturated rings. The first kappa shape index (κ1) is 10.6. The lowest BCUT2D eigenvalue weighted by atomic mass is 10.1. The molecular weight excluding hydrogens is 212 g/mol. The van der Waals surface area contributed by atoms with E-state index in [0.29, 0.717) is 11.3 Å². The SMILES string of the molecule is O=S1(=O)CCc2cc(CCCO)ccc21. The second kappa shape index (κ2) is 3.94. The van der Waals surface area contributed by atoms with Crippen molar-refractivity contribution in [1.82, 2.24) is 0 Å². The average Bonchev–Trinajstić information content (AvgIpc) is 2.52. The number of hydrogen-bond donors (Lipinski definition) is 1. The predicted octanol–water partition coefficient (Wildman–Crippen LogP) is 0.941. The van der Waals surface area contributed by atoms with Gasteiger partial charge in [-0.15, -0.1) is 0 Å². The van der Waals surface area contributed by atoms with Gasteiger partial charge in [0, 0.05) is 6.61 Å². The molecule has 0 radical (unpaired) electrons. The number of aliphatic hydroxyl groups excluding tert-OH is 1. The molecule has 2 rings (SSSR count). The molecule has 0 amide bonds. The third kappa shape index (κ3) is 2.06. The van der Waals surface area contributed by atoms with Crippen molar-refractivity contribution < 1.29 is 13.5 Å². The van der Waals surface area contributed by atoms with Crippen molar-refractivity contribution in [3.05, 3.63) is 29.3 Å². The van der Waals surface area contributed by atoms with Crippen LogP contribution in [0.15, 0.2) is 23.1 Å². The van der Waals surface area contributed by atoms with Crippen molar-refractivity contribution in [1.29, 1.82) is 0 Å². The van der Waals surface area contributed by atoms with Gasteiger partial charge in [0.1, 0.15) is 0 Å². The molecular formula is C11H14O3S. The lowest BCUT2D eigenvalue weighted by molar-refractivity contribution is 0.288. The van der Waals surface area contributed by atoms with Gasteiger partial charge in [-0.2, -0.15) is 0 Å². The summed E-state index contributed by atoms with van der Waals surface area (Å²) in [6.45, 7) is 0.176. The van der Waals surface area contributed by atoms with Crippen LogP contribution in [0.25, 0.3) is 0 Å². The predicted molar refractivity (Wildman–Crippen MR) is 57.6 cm³/mol. The number of benzene rings is 1. The van der Waals surface area contributed by atoms with Crippen LogP contribution in [-0.2, 0) is 22.7 Å². The van der Waals surface area contributed by atoms with Gasteiger partial charge in [0.05, 0.1) is 10.6 Å². The molecule has 0 aromatic heterocycles. The van der Waals surface area contributed by atoms with Crippen molar-refractivity contribution >= 4 is 9.84 Å². The summed E-state index contributed by atoms with van der Waals surface area (Å²) in [6.07, 6.45) is 2.17. The fourth-order valence-electron chi connectivity index (χ4n) is 1.92. The summed E-state index contributed by atoms with van der Waals surface area (Å²) in [4.78, 5) is 0.496. The van der Waals surface area contributed by atoms with E-state index in [9.17, 15) is 8.42 Å². The highest BCUT2D eigenvalue weighted by Gasteiger charge is 2.25. The Morgan fingerprint density at radius 2 is 2.13 bits per heavy atom. The quantitative estimate of drug-likeness (QED) is 0.834. The molecule has 0 atom stereocenters. The molecule has 0 unspecified atom stereocenters. The van der Waals surface area contributed by atoms with Gasteiger partial charge in [-0.1, -0.05) is 12.1 Å². The van der Waals surface area contributed by atoms with Gasteiger partial charge in [0.15, 0.2) is 9.84 Å². The lowest BCUT2D eigenvalue weighted by Crippen LogP contribution is -1.98. The molecule has 82 valence electrons. The summed E-state index contributed by atoms with van der Waals surface area (Å²) in [7, 11) is -2.99. The van der Waals surface area contributed by atoms with Gasteiger partial charge >= 0.3 is 0 Å². The van der Waals surface area contributed by atoms with E-state index < -0.39 is 9.84 Å². The minimum Gasteiger partial charge on any atom is -0.396 e. The second-order valence-corrected chi connectivity index (χ2v) is 5.92. The van der Waals surface area contributed by atoms with Crippen LogP contribution in [0, 0.1) is 0 Å². The van der Waals surface area contributed by atoms with Crippen LogP contribution in [-0.4, -0.2) is 25.9 Å². The van der Waals surface area contributed by atoms with E-state index in [4.69, 9.17) is 5.11 Å². The molecule has 3 nitrogen and oxygen atoms in total. The van der Waals surface area contributed by atoms with E-state index in [1.54, 1.807) is 6.07 Å². The zero-order valence-electron chi connectivity index (χ0n) is 8.44. The molecule has 1 N–H and O–H groups in total. The molecule has 0 saturated heterocycles. The molecule has 1 aromatic rings. The zero-order chi connectivity index (χ0) is 10.9. The van der Waals surface area contributed by atoms with Gasteiger partial charge in [-0.05, 0) is 36.5 Å². The molecule has 4 heteroatoms. The van der Waals surface area contributed by atoms with Crippen LogP contribution >= 0.6 is 0 Å². The fourth-order valence-corrected chi connectivity index (χ4v) is 3.47. The number of fused-ring (bicyclic) bond motifs is 1. The lowest BCUT2D eigenvalue weighted by Gasteiger charge is -2.02. The Labute approximate surface area is 89.7 Å². The minimum absolute atomic E-state index is 0.176. The van der Waals surface area contributed by atoms with Gasteiger partial charge in [-0.3, -0.25) is 0 Å². The molecule has 1 aliphatic heterocycles. The van der Waals surface area contributed by atoms with Crippen LogP contribution in [0.5, 0.6) is 0 Å². The van der Waals surface area contributed by atoms with E-state index >= 15 is 0 Å². The first-order valence-electron chi connectivity index (χ1n) is 5.09. The monoisotopic (exact) mass is 226 g/mol. The summed E-state index contributed by atoms with van der Waals surface area (Å²) in [6, 6.07) is 5.50. The first-order valence-corrected chi connectivity index (χ1v) is 6.74. The zero-order valence-corrected chi connectivity index (χ0v) is 9.26. The Morgan fingerprint density at radius 3 is 2.87 bits per heavy atom. The molecule has 0 bridgehead atoms. The third-order valence-electron chi connectivity index (χ3n) is 2.72. The van der Waals surface area contributed by atoms with E-state index in [2.05, 4.69) is 0 Å². The standard InChI is InChI=1S/C11H14O3S/c12-6-1-2-9-3-4-11-10(8-9)5-7-15(11,13)14/h3-4,8,12H,1-2,5-7H2.